The lowest BCUT2D eigenvalue weighted by Crippen LogP contribution is -2.48. The van der Waals surface area contributed by atoms with E-state index in [9.17, 15) is 13.2 Å². The van der Waals surface area contributed by atoms with Crippen molar-refractivity contribution in [2.45, 2.75) is 13.5 Å². The van der Waals surface area contributed by atoms with Gasteiger partial charge in [-0.2, -0.15) is 4.31 Å². The Kier molecular flexibility index (Phi) is 7.19. The molecule has 6 nitrogen and oxygen atoms in total. The molecular weight excluding hydrogens is 433 g/mol. The van der Waals surface area contributed by atoms with Gasteiger partial charge in [0.25, 0.3) is 5.91 Å². The molecule has 1 saturated heterocycles. The number of halogens is 2. The minimum Gasteiger partial charge on any atom is -0.322 e. The van der Waals surface area contributed by atoms with Crippen molar-refractivity contribution in [3.05, 3.63) is 63.6 Å². The average molecular weight is 456 g/mol. The molecule has 156 valence electrons. The van der Waals surface area contributed by atoms with Gasteiger partial charge in [-0.05, 0) is 42.8 Å². The Morgan fingerprint density at radius 1 is 1.03 bits per heavy atom. The van der Waals surface area contributed by atoms with Crippen LogP contribution in [-0.2, 0) is 16.6 Å². The van der Waals surface area contributed by atoms with Crippen LogP contribution in [0.15, 0.2) is 42.5 Å². The van der Waals surface area contributed by atoms with Gasteiger partial charge >= 0.3 is 0 Å². The Morgan fingerprint density at radius 3 is 2.31 bits per heavy atom. The summed E-state index contributed by atoms with van der Waals surface area (Å²) in [5.41, 5.74) is 2.06. The second-order valence-corrected chi connectivity index (χ2v) is 10.0. The average Bonchev–Trinajstić information content (AvgIpc) is 2.68. The first-order valence-corrected chi connectivity index (χ1v) is 11.7. The number of anilines is 1. The summed E-state index contributed by atoms with van der Waals surface area (Å²) in [7, 11) is -3.14. The highest BCUT2D eigenvalue weighted by Gasteiger charge is 2.25. The molecule has 0 spiro atoms. The summed E-state index contributed by atoms with van der Waals surface area (Å²) in [5.74, 6) is -0.119. The van der Waals surface area contributed by atoms with E-state index in [1.165, 1.54) is 0 Å². The lowest BCUT2D eigenvalue weighted by atomic mass is 10.1. The largest absolute Gasteiger partial charge is 0.322 e. The number of carbonyl (C=O) groups is 1. The molecule has 1 amide bonds. The second kappa shape index (κ2) is 9.45. The normalized spacial score (nSPS) is 16.0. The van der Waals surface area contributed by atoms with Gasteiger partial charge in [0, 0.05) is 54.0 Å². The molecule has 0 bridgehead atoms. The number of rotatable bonds is 6. The summed E-state index contributed by atoms with van der Waals surface area (Å²) in [4.78, 5) is 14.8. The van der Waals surface area contributed by atoms with Crippen molar-refractivity contribution in [2.75, 3.05) is 37.2 Å². The van der Waals surface area contributed by atoms with Gasteiger partial charge in [-0.3, -0.25) is 9.69 Å². The molecule has 1 heterocycles. The molecule has 0 aromatic heterocycles. The van der Waals surface area contributed by atoms with E-state index in [2.05, 4.69) is 10.2 Å². The first kappa shape index (κ1) is 22.1. The van der Waals surface area contributed by atoms with Gasteiger partial charge < -0.3 is 5.32 Å². The highest BCUT2D eigenvalue weighted by Crippen LogP contribution is 2.23. The molecule has 1 fully saturated rings. The number of carbonyl (C=O) groups excluding carboxylic acids is 1. The molecule has 0 saturated carbocycles. The fraction of sp³-hybridized carbons (Fsp3) is 0.350. The quantitative estimate of drug-likeness (QED) is 0.720. The van der Waals surface area contributed by atoms with Gasteiger partial charge in [-0.15, -0.1) is 0 Å². The Morgan fingerprint density at radius 2 is 1.69 bits per heavy atom. The topological polar surface area (TPSA) is 69.7 Å². The fourth-order valence-electron chi connectivity index (χ4n) is 3.25. The van der Waals surface area contributed by atoms with Crippen LogP contribution in [0.25, 0.3) is 0 Å². The molecule has 1 aliphatic heterocycles. The summed E-state index contributed by atoms with van der Waals surface area (Å²) < 4.78 is 25.5. The second-order valence-electron chi connectivity index (χ2n) is 6.89. The van der Waals surface area contributed by atoms with Crippen LogP contribution in [0.1, 0.15) is 22.8 Å². The van der Waals surface area contributed by atoms with E-state index in [0.717, 1.165) is 5.56 Å². The number of hydrogen-bond acceptors (Lipinski definition) is 4. The first-order valence-electron chi connectivity index (χ1n) is 9.33. The van der Waals surface area contributed by atoms with Gasteiger partial charge in [-0.1, -0.05) is 35.3 Å². The van der Waals surface area contributed by atoms with Crippen molar-refractivity contribution in [2.24, 2.45) is 0 Å². The number of piperazine rings is 1. The highest BCUT2D eigenvalue weighted by atomic mass is 35.5. The molecule has 0 radical (unpaired) electrons. The lowest BCUT2D eigenvalue weighted by molar-refractivity contribution is 0.102. The number of nitrogens with zero attached hydrogens (tertiary/aromatic N) is 2. The zero-order valence-electron chi connectivity index (χ0n) is 16.1. The van der Waals surface area contributed by atoms with E-state index < -0.39 is 10.0 Å². The summed E-state index contributed by atoms with van der Waals surface area (Å²) in [6, 6.07) is 12.3. The molecule has 0 unspecified atom stereocenters. The molecule has 2 aromatic carbocycles. The minimum atomic E-state index is -3.14. The zero-order valence-corrected chi connectivity index (χ0v) is 18.4. The van der Waals surface area contributed by atoms with Crippen molar-refractivity contribution in [3.8, 4) is 0 Å². The summed E-state index contributed by atoms with van der Waals surface area (Å²) in [6.45, 7) is 4.63. The predicted octanol–water partition coefficient (Wildman–Crippen LogP) is 3.71. The van der Waals surface area contributed by atoms with E-state index in [1.54, 1.807) is 35.5 Å². The van der Waals surface area contributed by atoms with Gasteiger partial charge in [0.1, 0.15) is 0 Å². The Hall–Kier alpha value is -1.64. The number of hydrogen-bond donors (Lipinski definition) is 1. The van der Waals surface area contributed by atoms with E-state index in [0.29, 0.717) is 54.0 Å². The van der Waals surface area contributed by atoms with Crippen LogP contribution >= 0.6 is 23.2 Å². The molecule has 9 heteroatoms. The third kappa shape index (κ3) is 5.93. The van der Waals surface area contributed by atoms with Crippen LogP contribution in [0.5, 0.6) is 0 Å². The van der Waals surface area contributed by atoms with Crippen LogP contribution in [0, 0.1) is 0 Å². The summed E-state index contributed by atoms with van der Waals surface area (Å²) >= 11 is 12.0. The van der Waals surface area contributed by atoms with E-state index >= 15 is 0 Å². The van der Waals surface area contributed by atoms with Crippen molar-refractivity contribution in [1.82, 2.24) is 9.21 Å². The number of amides is 1. The number of sulfonamides is 1. The highest BCUT2D eigenvalue weighted by molar-refractivity contribution is 7.89. The van der Waals surface area contributed by atoms with E-state index in [1.807, 2.05) is 18.2 Å². The molecule has 1 N–H and O–H groups in total. The lowest BCUT2D eigenvalue weighted by Gasteiger charge is -2.33. The molecule has 2 aromatic rings. The SMILES string of the molecule is CCS(=O)(=O)N1CCN(Cc2cccc(C(=O)Nc3cc(Cl)cc(Cl)c3)c2)CC1. The number of nitrogens with one attached hydrogen (secondary N) is 1. The maximum Gasteiger partial charge on any atom is 0.255 e. The number of benzene rings is 2. The van der Waals surface area contributed by atoms with E-state index in [4.69, 9.17) is 23.2 Å². The van der Waals surface area contributed by atoms with Crippen LogP contribution in [0.4, 0.5) is 5.69 Å². The third-order valence-electron chi connectivity index (χ3n) is 4.81. The van der Waals surface area contributed by atoms with Crippen LogP contribution < -0.4 is 5.32 Å². The third-order valence-corrected chi connectivity index (χ3v) is 7.12. The van der Waals surface area contributed by atoms with Gasteiger partial charge in [0.2, 0.25) is 10.0 Å². The minimum absolute atomic E-state index is 0.127. The first-order chi connectivity index (χ1) is 13.8. The zero-order chi connectivity index (χ0) is 21.0. The fourth-order valence-corrected chi connectivity index (χ4v) is 4.86. The van der Waals surface area contributed by atoms with Gasteiger partial charge in [-0.25, -0.2) is 8.42 Å². The van der Waals surface area contributed by atoms with Crippen LogP contribution in [0.2, 0.25) is 10.0 Å². The molecule has 0 aliphatic carbocycles. The Labute approximate surface area is 181 Å². The van der Waals surface area contributed by atoms with Gasteiger partial charge in [0.15, 0.2) is 0 Å². The van der Waals surface area contributed by atoms with Crippen molar-refractivity contribution < 1.29 is 13.2 Å². The predicted molar refractivity (Wildman–Crippen MR) is 117 cm³/mol. The smallest absolute Gasteiger partial charge is 0.255 e. The summed E-state index contributed by atoms with van der Waals surface area (Å²) in [5, 5.41) is 3.70. The van der Waals surface area contributed by atoms with Crippen molar-refractivity contribution in [1.29, 1.82) is 0 Å². The Bertz CT molecular complexity index is 970. The summed E-state index contributed by atoms with van der Waals surface area (Å²) in [6.07, 6.45) is 0. The maximum absolute atomic E-state index is 12.6. The molecule has 3 rings (SSSR count). The van der Waals surface area contributed by atoms with Crippen LogP contribution in [-0.4, -0.2) is 55.5 Å². The van der Waals surface area contributed by atoms with Crippen molar-refractivity contribution >= 4 is 44.8 Å². The monoisotopic (exact) mass is 455 g/mol. The van der Waals surface area contributed by atoms with Crippen molar-refractivity contribution in [3.63, 3.8) is 0 Å². The molecule has 29 heavy (non-hydrogen) atoms. The van der Waals surface area contributed by atoms with E-state index in [-0.39, 0.29) is 11.7 Å². The molecule has 0 atom stereocenters. The molecule has 1 aliphatic rings. The van der Waals surface area contributed by atoms with Gasteiger partial charge in [0.05, 0.1) is 5.75 Å². The van der Waals surface area contributed by atoms with Crippen LogP contribution in [0.3, 0.4) is 0 Å². The standard InChI is InChI=1S/C20H23Cl2N3O3S/c1-2-29(27,28)25-8-6-24(7-9-25)14-15-4-3-5-16(10-15)20(26)23-19-12-17(21)11-18(22)13-19/h3-5,10-13H,2,6-9,14H2,1H3,(H,23,26). The Balaban J connectivity index is 1.62. The molecular formula is C20H23Cl2N3O3S. The maximum atomic E-state index is 12.6.